The van der Waals surface area contributed by atoms with Gasteiger partial charge >= 0.3 is 0 Å². The molecule has 138 valence electrons. The van der Waals surface area contributed by atoms with Crippen LogP contribution in [0.25, 0.3) is 0 Å². The minimum Gasteiger partial charge on any atom is -0.330 e. The summed E-state index contributed by atoms with van der Waals surface area (Å²) in [6.07, 6.45) is 29.9. The van der Waals surface area contributed by atoms with E-state index in [2.05, 4.69) is 19.1 Å². The van der Waals surface area contributed by atoms with E-state index in [1.165, 1.54) is 116 Å². The van der Waals surface area contributed by atoms with Gasteiger partial charge in [0, 0.05) is 0 Å². The average Bonchev–Trinajstić information content (AvgIpc) is 2.57. The fraction of sp³-hybridized carbons (Fsp3) is 0.909. The number of hydrogen-bond donors (Lipinski definition) is 1. The van der Waals surface area contributed by atoms with E-state index in [0.29, 0.717) is 0 Å². The first-order chi connectivity index (χ1) is 11.4. The van der Waals surface area contributed by atoms with Crippen LogP contribution >= 0.6 is 0 Å². The highest BCUT2D eigenvalue weighted by molar-refractivity contribution is 4.81. The molecule has 0 bridgehead atoms. The molecule has 0 aliphatic carbocycles. The Morgan fingerprint density at radius 2 is 0.826 bits per heavy atom. The molecular formula is C22H45N. The van der Waals surface area contributed by atoms with Crippen molar-refractivity contribution in [2.45, 2.75) is 122 Å². The molecule has 0 aromatic carbocycles. The standard InChI is InChI=1S/C22H45N/c1-2-3-4-5-6-7-8-9-10-11-12-13-14-15-16-17-18-19-20-21-22-23/h13-14H,2-12,15-23H2,1H3. The predicted molar refractivity (Wildman–Crippen MR) is 107 cm³/mol. The van der Waals surface area contributed by atoms with Crippen LogP contribution in [-0.4, -0.2) is 6.54 Å². The molecule has 23 heavy (non-hydrogen) atoms. The molecule has 0 unspecified atom stereocenters. The van der Waals surface area contributed by atoms with Gasteiger partial charge < -0.3 is 5.73 Å². The number of allylic oxidation sites excluding steroid dienone is 2. The highest BCUT2D eigenvalue weighted by Gasteiger charge is 1.92. The fourth-order valence-corrected chi connectivity index (χ4v) is 3.10. The van der Waals surface area contributed by atoms with Crippen molar-refractivity contribution in [1.29, 1.82) is 0 Å². The SMILES string of the molecule is CCCCCCCCCCCCC=CCCCCCCCCN. The first-order valence-electron chi connectivity index (χ1n) is 10.8. The maximum Gasteiger partial charge on any atom is -0.00773 e. The molecule has 1 heteroatoms. The van der Waals surface area contributed by atoms with E-state index < -0.39 is 0 Å². The largest absolute Gasteiger partial charge is 0.330 e. The Morgan fingerprint density at radius 3 is 1.22 bits per heavy atom. The minimum atomic E-state index is 0.863. The van der Waals surface area contributed by atoms with Gasteiger partial charge in [0.25, 0.3) is 0 Å². The molecular weight excluding hydrogens is 278 g/mol. The number of rotatable bonds is 19. The Bertz CT molecular complexity index is 222. The number of nitrogens with two attached hydrogens (primary N) is 1. The summed E-state index contributed by atoms with van der Waals surface area (Å²) in [4.78, 5) is 0. The van der Waals surface area contributed by atoms with Crippen molar-refractivity contribution in [3.8, 4) is 0 Å². The van der Waals surface area contributed by atoms with E-state index in [0.717, 1.165) is 6.54 Å². The van der Waals surface area contributed by atoms with Gasteiger partial charge in [-0.2, -0.15) is 0 Å². The third-order valence-corrected chi connectivity index (χ3v) is 4.72. The van der Waals surface area contributed by atoms with Crippen molar-refractivity contribution in [1.82, 2.24) is 0 Å². The topological polar surface area (TPSA) is 26.0 Å². The van der Waals surface area contributed by atoms with Crippen LogP contribution in [0.5, 0.6) is 0 Å². The number of unbranched alkanes of at least 4 members (excludes halogenated alkanes) is 16. The lowest BCUT2D eigenvalue weighted by atomic mass is 10.1. The van der Waals surface area contributed by atoms with E-state index in [9.17, 15) is 0 Å². The summed E-state index contributed by atoms with van der Waals surface area (Å²) < 4.78 is 0. The van der Waals surface area contributed by atoms with Crippen LogP contribution in [0.3, 0.4) is 0 Å². The van der Waals surface area contributed by atoms with Crippen LogP contribution in [0.1, 0.15) is 122 Å². The quantitative estimate of drug-likeness (QED) is 0.193. The molecule has 0 heterocycles. The lowest BCUT2D eigenvalue weighted by Crippen LogP contribution is -1.97. The van der Waals surface area contributed by atoms with Gasteiger partial charge in [-0.1, -0.05) is 103 Å². The Labute approximate surface area is 147 Å². The minimum absolute atomic E-state index is 0.863. The molecule has 0 rings (SSSR count). The third-order valence-electron chi connectivity index (χ3n) is 4.72. The molecule has 0 aromatic rings. The molecule has 0 amide bonds. The van der Waals surface area contributed by atoms with Crippen molar-refractivity contribution in [3.05, 3.63) is 12.2 Å². The van der Waals surface area contributed by atoms with Crippen molar-refractivity contribution in [2.75, 3.05) is 6.54 Å². The van der Waals surface area contributed by atoms with Gasteiger partial charge in [-0.3, -0.25) is 0 Å². The molecule has 0 saturated carbocycles. The highest BCUT2D eigenvalue weighted by Crippen LogP contribution is 2.12. The van der Waals surface area contributed by atoms with Crippen molar-refractivity contribution in [3.63, 3.8) is 0 Å². The van der Waals surface area contributed by atoms with E-state index in [1.54, 1.807) is 0 Å². The van der Waals surface area contributed by atoms with Crippen LogP contribution in [0, 0.1) is 0 Å². The predicted octanol–water partition coefficient (Wildman–Crippen LogP) is 7.54. The molecule has 0 aromatic heterocycles. The zero-order chi connectivity index (χ0) is 16.8. The lowest BCUT2D eigenvalue weighted by molar-refractivity contribution is 0.557. The molecule has 1 nitrogen and oxygen atoms in total. The molecule has 0 fully saturated rings. The Hall–Kier alpha value is -0.300. The lowest BCUT2D eigenvalue weighted by Gasteiger charge is -2.01. The third kappa shape index (κ3) is 21.7. The summed E-state index contributed by atoms with van der Waals surface area (Å²) in [6, 6.07) is 0. The maximum absolute atomic E-state index is 5.50. The number of hydrogen-bond acceptors (Lipinski definition) is 1. The molecule has 0 aliphatic heterocycles. The summed E-state index contributed by atoms with van der Waals surface area (Å²) in [5.41, 5.74) is 5.50. The van der Waals surface area contributed by atoms with E-state index >= 15 is 0 Å². The molecule has 0 atom stereocenters. The smallest absolute Gasteiger partial charge is 0.00773 e. The normalized spacial score (nSPS) is 11.6. The van der Waals surface area contributed by atoms with Gasteiger partial charge in [0.1, 0.15) is 0 Å². The van der Waals surface area contributed by atoms with Crippen LogP contribution < -0.4 is 5.73 Å². The van der Waals surface area contributed by atoms with Gasteiger partial charge in [-0.15, -0.1) is 0 Å². The van der Waals surface area contributed by atoms with Gasteiger partial charge in [-0.25, -0.2) is 0 Å². The fourth-order valence-electron chi connectivity index (χ4n) is 3.10. The molecule has 0 saturated heterocycles. The first kappa shape index (κ1) is 22.7. The van der Waals surface area contributed by atoms with E-state index in [1.807, 2.05) is 0 Å². The second kappa shape index (κ2) is 21.7. The van der Waals surface area contributed by atoms with Gasteiger partial charge in [0.2, 0.25) is 0 Å². The van der Waals surface area contributed by atoms with Crippen molar-refractivity contribution >= 4 is 0 Å². The molecule has 0 aliphatic rings. The zero-order valence-corrected chi connectivity index (χ0v) is 16.2. The monoisotopic (exact) mass is 323 g/mol. The second-order valence-electron chi connectivity index (χ2n) is 7.14. The van der Waals surface area contributed by atoms with Crippen LogP contribution in [0.4, 0.5) is 0 Å². The summed E-state index contributed by atoms with van der Waals surface area (Å²) in [5.74, 6) is 0. The zero-order valence-electron chi connectivity index (χ0n) is 16.2. The van der Waals surface area contributed by atoms with Crippen molar-refractivity contribution in [2.24, 2.45) is 5.73 Å². The highest BCUT2D eigenvalue weighted by atomic mass is 14.5. The van der Waals surface area contributed by atoms with E-state index in [4.69, 9.17) is 5.73 Å². The molecule has 0 spiro atoms. The van der Waals surface area contributed by atoms with Crippen molar-refractivity contribution < 1.29 is 0 Å². The second-order valence-corrected chi connectivity index (χ2v) is 7.14. The van der Waals surface area contributed by atoms with Gasteiger partial charge in [0.05, 0.1) is 0 Å². The van der Waals surface area contributed by atoms with Crippen LogP contribution in [0.15, 0.2) is 12.2 Å². The van der Waals surface area contributed by atoms with Gasteiger partial charge in [0.15, 0.2) is 0 Å². The average molecular weight is 324 g/mol. The maximum atomic E-state index is 5.50. The summed E-state index contributed by atoms with van der Waals surface area (Å²) in [5, 5.41) is 0. The summed E-state index contributed by atoms with van der Waals surface area (Å²) in [7, 11) is 0. The van der Waals surface area contributed by atoms with Gasteiger partial charge in [-0.05, 0) is 38.6 Å². The Balaban J connectivity index is 3.03. The molecule has 2 N–H and O–H groups in total. The molecule has 0 radical (unpaired) electrons. The summed E-state index contributed by atoms with van der Waals surface area (Å²) in [6.45, 7) is 3.15. The van der Waals surface area contributed by atoms with Crippen LogP contribution in [0.2, 0.25) is 0 Å². The van der Waals surface area contributed by atoms with E-state index in [-0.39, 0.29) is 0 Å². The Morgan fingerprint density at radius 1 is 0.478 bits per heavy atom. The first-order valence-corrected chi connectivity index (χ1v) is 10.8. The summed E-state index contributed by atoms with van der Waals surface area (Å²) >= 11 is 0. The van der Waals surface area contributed by atoms with Crippen LogP contribution in [-0.2, 0) is 0 Å². The Kier molecular flexibility index (Phi) is 21.4.